The Kier molecular flexibility index (Phi) is 6.37. The lowest BCUT2D eigenvalue weighted by Crippen LogP contribution is -2.45. The van der Waals surface area contributed by atoms with E-state index in [-0.39, 0.29) is 23.0 Å². The SMILES string of the molecule is CCC=C(Cl)C(=C(C)F)N1CN(C)c2nc(Nc3ccc(N4CC5CC4CN5)cc3)ncc2C1=O. The number of hydrogen-bond acceptors (Lipinski definition) is 7. The lowest BCUT2D eigenvalue weighted by molar-refractivity contribution is 0.0794. The molecule has 1 aromatic heterocycles. The highest BCUT2D eigenvalue weighted by molar-refractivity contribution is 6.32. The second kappa shape index (κ2) is 9.47. The standard InChI is InChI=1S/C25H29ClFN7O/c1-4-5-21(26)22(15(2)27)34-14-32(3)23-20(24(34)35)12-29-25(31-23)30-16-6-8-18(9-7-16)33-13-17-10-19(33)11-28-17/h5-9,12,17,19,28H,4,10-11,13-14H2,1-3H3,(H,29,30,31). The number of fused-ring (bicyclic) bond motifs is 3. The van der Waals surface area contributed by atoms with Crippen molar-refractivity contribution >= 4 is 40.6 Å². The number of halogens is 2. The third-order valence-corrected chi connectivity index (χ3v) is 7.01. The molecule has 4 heterocycles. The van der Waals surface area contributed by atoms with Gasteiger partial charge in [-0.1, -0.05) is 24.6 Å². The molecule has 2 atom stereocenters. The summed E-state index contributed by atoms with van der Waals surface area (Å²) in [5.74, 6) is -0.0496. The lowest BCUT2D eigenvalue weighted by Gasteiger charge is -2.36. The maximum atomic E-state index is 14.4. The van der Waals surface area contributed by atoms with Crippen molar-refractivity contribution in [2.45, 2.75) is 38.8 Å². The van der Waals surface area contributed by atoms with E-state index in [4.69, 9.17) is 11.6 Å². The van der Waals surface area contributed by atoms with Crippen LogP contribution in [0.4, 0.5) is 27.5 Å². The van der Waals surface area contributed by atoms with Crippen molar-refractivity contribution in [1.29, 1.82) is 0 Å². The molecule has 0 saturated carbocycles. The van der Waals surface area contributed by atoms with Crippen molar-refractivity contribution < 1.29 is 9.18 Å². The predicted molar refractivity (Wildman–Crippen MR) is 137 cm³/mol. The third kappa shape index (κ3) is 4.46. The minimum atomic E-state index is -0.523. The van der Waals surface area contributed by atoms with Crippen LogP contribution in [-0.4, -0.2) is 59.7 Å². The Morgan fingerprint density at radius 1 is 1.34 bits per heavy atom. The van der Waals surface area contributed by atoms with Gasteiger partial charge in [-0.15, -0.1) is 0 Å². The largest absolute Gasteiger partial charge is 0.366 e. The van der Waals surface area contributed by atoms with E-state index in [1.165, 1.54) is 30.1 Å². The molecule has 2 bridgehead atoms. The lowest BCUT2D eigenvalue weighted by atomic mass is 10.1. The number of hydrogen-bond donors (Lipinski definition) is 2. The Labute approximate surface area is 209 Å². The van der Waals surface area contributed by atoms with E-state index in [0.29, 0.717) is 30.3 Å². The number of anilines is 4. The number of piperazine rings is 1. The van der Waals surface area contributed by atoms with Crippen molar-refractivity contribution in [2.24, 2.45) is 0 Å². The van der Waals surface area contributed by atoms with Gasteiger partial charge in [-0.3, -0.25) is 9.69 Å². The van der Waals surface area contributed by atoms with Gasteiger partial charge in [0.1, 0.15) is 17.2 Å². The van der Waals surface area contributed by atoms with E-state index in [9.17, 15) is 9.18 Å². The topological polar surface area (TPSA) is 76.6 Å². The molecule has 0 spiro atoms. The molecular formula is C25H29ClFN7O. The van der Waals surface area contributed by atoms with Crippen LogP contribution >= 0.6 is 11.6 Å². The van der Waals surface area contributed by atoms with Crippen LogP contribution in [0.1, 0.15) is 37.0 Å². The summed E-state index contributed by atoms with van der Waals surface area (Å²) in [5, 5.41) is 6.96. The number of nitrogens with zero attached hydrogens (tertiary/aromatic N) is 5. The molecule has 35 heavy (non-hydrogen) atoms. The Hall–Kier alpha value is -3.17. The third-order valence-electron chi connectivity index (χ3n) is 6.68. The average molecular weight is 498 g/mol. The summed E-state index contributed by atoms with van der Waals surface area (Å²) in [6.45, 7) is 5.40. The molecule has 1 amide bonds. The number of nitrogens with one attached hydrogen (secondary N) is 2. The van der Waals surface area contributed by atoms with Crippen LogP contribution in [0, 0.1) is 0 Å². The minimum Gasteiger partial charge on any atom is -0.366 e. The van der Waals surface area contributed by atoms with Gasteiger partial charge < -0.3 is 20.4 Å². The van der Waals surface area contributed by atoms with Gasteiger partial charge in [0, 0.05) is 49.8 Å². The van der Waals surface area contributed by atoms with Gasteiger partial charge >= 0.3 is 0 Å². The molecular weight excluding hydrogens is 469 g/mol. The second-order valence-electron chi connectivity index (χ2n) is 9.16. The number of benzene rings is 1. The molecule has 8 nitrogen and oxygen atoms in total. The summed E-state index contributed by atoms with van der Waals surface area (Å²) in [6.07, 6.45) is 4.98. The van der Waals surface area contributed by atoms with Crippen LogP contribution < -0.4 is 20.4 Å². The quantitative estimate of drug-likeness (QED) is 0.574. The van der Waals surface area contributed by atoms with E-state index < -0.39 is 11.7 Å². The molecule has 2 unspecified atom stereocenters. The van der Waals surface area contributed by atoms with E-state index in [1.54, 1.807) is 18.0 Å². The maximum Gasteiger partial charge on any atom is 0.265 e. The Morgan fingerprint density at radius 3 is 2.74 bits per heavy atom. The van der Waals surface area contributed by atoms with Gasteiger partial charge in [-0.05, 0) is 44.0 Å². The van der Waals surface area contributed by atoms with E-state index >= 15 is 0 Å². The van der Waals surface area contributed by atoms with Crippen LogP contribution in [-0.2, 0) is 0 Å². The van der Waals surface area contributed by atoms with Gasteiger partial charge in [0.15, 0.2) is 0 Å². The molecule has 2 fully saturated rings. The highest BCUT2D eigenvalue weighted by Crippen LogP contribution is 2.33. The van der Waals surface area contributed by atoms with Crippen LogP contribution in [0.25, 0.3) is 0 Å². The first kappa shape index (κ1) is 23.6. The zero-order valence-corrected chi connectivity index (χ0v) is 20.8. The predicted octanol–water partition coefficient (Wildman–Crippen LogP) is 4.35. The first-order valence-electron chi connectivity index (χ1n) is 11.8. The van der Waals surface area contributed by atoms with Crippen molar-refractivity contribution in [1.82, 2.24) is 20.2 Å². The highest BCUT2D eigenvalue weighted by Gasteiger charge is 2.37. The maximum absolute atomic E-state index is 14.4. The Morgan fingerprint density at radius 2 is 2.11 bits per heavy atom. The average Bonchev–Trinajstić information content (AvgIpc) is 3.47. The fourth-order valence-corrected chi connectivity index (χ4v) is 5.42. The second-order valence-corrected chi connectivity index (χ2v) is 9.57. The van der Waals surface area contributed by atoms with Gasteiger partial charge in [0.2, 0.25) is 5.95 Å². The minimum absolute atomic E-state index is 0.0697. The summed E-state index contributed by atoms with van der Waals surface area (Å²) in [6, 6.07) is 9.40. The van der Waals surface area contributed by atoms with E-state index in [0.717, 1.165) is 18.8 Å². The normalized spacial score (nSPS) is 22.5. The Bertz CT molecular complexity index is 1190. The molecule has 0 radical (unpaired) electrons. The zero-order valence-electron chi connectivity index (χ0n) is 20.1. The summed E-state index contributed by atoms with van der Waals surface area (Å²) in [5.41, 5.74) is 2.43. The van der Waals surface area contributed by atoms with Crippen LogP contribution in [0.15, 0.2) is 53.1 Å². The molecule has 2 N–H and O–H groups in total. The van der Waals surface area contributed by atoms with Crippen molar-refractivity contribution in [3.8, 4) is 0 Å². The van der Waals surface area contributed by atoms with Gasteiger partial charge in [0.25, 0.3) is 5.91 Å². The van der Waals surface area contributed by atoms with Gasteiger partial charge in [0.05, 0.1) is 17.4 Å². The highest BCUT2D eigenvalue weighted by atomic mass is 35.5. The molecule has 5 rings (SSSR count). The summed E-state index contributed by atoms with van der Waals surface area (Å²) in [7, 11) is 1.80. The van der Waals surface area contributed by atoms with Gasteiger partial charge in [-0.25, -0.2) is 9.37 Å². The fraction of sp³-hybridized carbons (Fsp3) is 0.400. The number of carbonyl (C=O) groups is 1. The summed E-state index contributed by atoms with van der Waals surface area (Å²) >= 11 is 6.31. The Balaban J connectivity index is 1.34. The molecule has 1 aromatic carbocycles. The van der Waals surface area contributed by atoms with Gasteiger partial charge in [-0.2, -0.15) is 4.98 Å². The molecule has 0 aliphatic carbocycles. The van der Waals surface area contributed by atoms with Crippen LogP contribution in [0.5, 0.6) is 0 Å². The number of carbonyl (C=O) groups excluding carboxylic acids is 1. The molecule has 2 saturated heterocycles. The monoisotopic (exact) mass is 497 g/mol. The molecule has 184 valence electrons. The van der Waals surface area contributed by atoms with Crippen molar-refractivity contribution in [2.75, 3.05) is 41.9 Å². The molecule has 3 aliphatic heterocycles. The zero-order chi connectivity index (χ0) is 24.7. The fourth-order valence-electron chi connectivity index (χ4n) is 5.03. The number of allylic oxidation sites excluding steroid dienone is 3. The van der Waals surface area contributed by atoms with Crippen LogP contribution in [0.2, 0.25) is 0 Å². The van der Waals surface area contributed by atoms with E-state index in [2.05, 4.69) is 37.6 Å². The summed E-state index contributed by atoms with van der Waals surface area (Å²) in [4.78, 5) is 27.7. The molecule has 3 aliphatic rings. The van der Waals surface area contributed by atoms with Crippen molar-refractivity contribution in [3.63, 3.8) is 0 Å². The summed E-state index contributed by atoms with van der Waals surface area (Å²) < 4.78 is 14.4. The van der Waals surface area contributed by atoms with Crippen molar-refractivity contribution in [3.05, 3.63) is 58.7 Å². The molecule has 10 heteroatoms. The molecule has 2 aromatic rings. The van der Waals surface area contributed by atoms with E-state index in [1.807, 2.05) is 19.1 Å². The first-order chi connectivity index (χ1) is 16.9. The van der Waals surface area contributed by atoms with Crippen LogP contribution in [0.3, 0.4) is 0 Å². The number of rotatable bonds is 6. The number of amides is 1. The number of aromatic nitrogens is 2. The first-order valence-corrected chi connectivity index (χ1v) is 12.2. The smallest absolute Gasteiger partial charge is 0.265 e.